The third-order valence-electron chi connectivity index (χ3n) is 5.77. The van der Waals surface area contributed by atoms with Gasteiger partial charge in [0, 0.05) is 12.2 Å². The van der Waals surface area contributed by atoms with Gasteiger partial charge in [-0.3, -0.25) is 4.79 Å². The Labute approximate surface area is 189 Å². The van der Waals surface area contributed by atoms with Crippen LogP contribution < -0.4 is 14.8 Å². The quantitative estimate of drug-likeness (QED) is 0.626. The summed E-state index contributed by atoms with van der Waals surface area (Å²) < 4.78 is 16.5. The summed E-state index contributed by atoms with van der Waals surface area (Å²) in [4.78, 5) is 27.2. The third kappa shape index (κ3) is 5.15. The normalized spacial score (nSPS) is 15.0. The van der Waals surface area contributed by atoms with Gasteiger partial charge in [0.05, 0.1) is 32.8 Å². The van der Waals surface area contributed by atoms with Crippen molar-refractivity contribution in [1.29, 1.82) is 0 Å². The van der Waals surface area contributed by atoms with Gasteiger partial charge < -0.3 is 24.4 Å². The van der Waals surface area contributed by atoms with E-state index in [-0.39, 0.29) is 18.4 Å². The van der Waals surface area contributed by atoms with Gasteiger partial charge in [-0.1, -0.05) is 6.07 Å². The van der Waals surface area contributed by atoms with Crippen LogP contribution in [0.5, 0.6) is 11.5 Å². The summed E-state index contributed by atoms with van der Waals surface area (Å²) in [6.45, 7) is 9.35. The topological polar surface area (TPSA) is 77.1 Å². The molecule has 0 bridgehead atoms. The van der Waals surface area contributed by atoms with Crippen LogP contribution in [-0.4, -0.2) is 43.8 Å². The van der Waals surface area contributed by atoms with E-state index in [4.69, 9.17) is 14.2 Å². The van der Waals surface area contributed by atoms with Crippen molar-refractivity contribution in [3.8, 4) is 11.5 Å². The van der Waals surface area contributed by atoms with E-state index in [9.17, 15) is 9.59 Å². The zero-order valence-electron chi connectivity index (χ0n) is 19.5. The van der Waals surface area contributed by atoms with Gasteiger partial charge in [-0.2, -0.15) is 0 Å². The third-order valence-corrected chi connectivity index (χ3v) is 5.77. The molecule has 2 aromatic rings. The highest BCUT2D eigenvalue weighted by atomic mass is 16.5. The van der Waals surface area contributed by atoms with Crippen LogP contribution >= 0.6 is 0 Å². The Morgan fingerprint density at radius 3 is 2.34 bits per heavy atom. The molecular weight excluding hydrogens is 408 g/mol. The number of benzene rings is 2. The molecule has 32 heavy (non-hydrogen) atoms. The zero-order chi connectivity index (χ0) is 23.3. The Hall–Kier alpha value is -3.22. The van der Waals surface area contributed by atoms with Crippen LogP contribution in [0.25, 0.3) is 0 Å². The highest BCUT2D eigenvalue weighted by Gasteiger charge is 2.34. The fourth-order valence-electron chi connectivity index (χ4n) is 3.96. The number of esters is 1. The molecule has 2 aromatic carbocycles. The number of hydrogen-bond donors (Lipinski definition) is 1. The molecule has 0 aromatic heterocycles. The Balaban J connectivity index is 1.95. The van der Waals surface area contributed by atoms with Gasteiger partial charge in [0.25, 0.3) is 0 Å². The van der Waals surface area contributed by atoms with Crippen molar-refractivity contribution in [2.45, 2.75) is 46.6 Å². The molecule has 0 unspecified atom stereocenters. The molecule has 0 saturated carbocycles. The van der Waals surface area contributed by atoms with Gasteiger partial charge >= 0.3 is 12.0 Å². The van der Waals surface area contributed by atoms with Crippen LogP contribution in [0.3, 0.4) is 0 Å². The van der Waals surface area contributed by atoms with Crippen LogP contribution in [0.4, 0.5) is 10.5 Å². The number of anilines is 1. The number of rotatable bonds is 7. The molecule has 172 valence electrons. The highest BCUT2D eigenvalue weighted by molar-refractivity contribution is 5.90. The fraction of sp³-hybridized carbons (Fsp3) is 0.440. The maximum Gasteiger partial charge on any atom is 0.322 e. The van der Waals surface area contributed by atoms with Crippen molar-refractivity contribution >= 4 is 17.7 Å². The average Bonchev–Trinajstić information content (AvgIpc) is 2.77. The number of methoxy groups -OCH3 is 1. The standard InChI is InChI=1S/C25H32N2O5/c1-6-31-22-13-18-10-11-27(25(29)26-19-9-8-16(3)17(4)12-19)21(15-24(28)30-5)20(18)14-23(22)32-7-2/h8-9,12-14,21H,6-7,10-11,15H2,1-5H3,(H,26,29)/t21-/m1/s1. The molecule has 0 spiro atoms. The summed E-state index contributed by atoms with van der Waals surface area (Å²) in [5.41, 5.74) is 4.90. The molecule has 0 fully saturated rings. The van der Waals surface area contributed by atoms with Gasteiger partial charge in [0.1, 0.15) is 0 Å². The van der Waals surface area contributed by atoms with Crippen molar-refractivity contribution in [3.05, 3.63) is 52.6 Å². The predicted molar refractivity (Wildman–Crippen MR) is 123 cm³/mol. The summed E-state index contributed by atoms with van der Waals surface area (Å²) >= 11 is 0. The van der Waals surface area contributed by atoms with Gasteiger partial charge in [-0.25, -0.2) is 4.79 Å². The molecule has 7 heteroatoms. The van der Waals surface area contributed by atoms with Crippen molar-refractivity contribution in [2.24, 2.45) is 0 Å². The number of nitrogens with one attached hydrogen (secondary N) is 1. The number of aryl methyl sites for hydroxylation is 2. The van der Waals surface area contributed by atoms with Crippen molar-refractivity contribution in [3.63, 3.8) is 0 Å². The summed E-state index contributed by atoms with van der Waals surface area (Å²) in [6.07, 6.45) is 0.712. The summed E-state index contributed by atoms with van der Waals surface area (Å²) in [6, 6.07) is 8.95. The Bertz CT molecular complexity index is 989. The van der Waals surface area contributed by atoms with Gasteiger partial charge in [0.2, 0.25) is 0 Å². The number of fused-ring (bicyclic) bond motifs is 1. The Morgan fingerprint density at radius 2 is 1.72 bits per heavy atom. The van der Waals surface area contributed by atoms with E-state index in [1.54, 1.807) is 4.90 Å². The molecule has 3 rings (SSSR count). The summed E-state index contributed by atoms with van der Waals surface area (Å²) in [7, 11) is 1.36. The first-order valence-corrected chi connectivity index (χ1v) is 11.0. The molecule has 1 atom stereocenters. The monoisotopic (exact) mass is 440 g/mol. The van der Waals surface area contributed by atoms with Crippen LogP contribution in [0, 0.1) is 13.8 Å². The summed E-state index contributed by atoms with van der Waals surface area (Å²) in [5.74, 6) is 0.913. The van der Waals surface area contributed by atoms with E-state index >= 15 is 0 Å². The molecule has 0 saturated heterocycles. The number of carbonyl (C=O) groups excluding carboxylic acids is 2. The minimum Gasteiger partial charge on any atom is -0.490 e. The summed E-state index contributed by atoms with van der Waals surface area (Å²) in [5, 5.41) is 2.98. The first kappa shape index (κ1) is 23.4. The second-order valence-electron chi connectivity index (χ2n) is 7.83. The lowest BCUT2D eigenvalue weighted by Crippen LogP contribution is -2.43. The average molecular weight is 441 g/mol. The minimum absolute atomic E-state index is 0.0589. The molecule has 7 nitrogen and oxygen atoms in total. The molecule has 2 amide bonds. The molecule has 0 radical (unpaired) electrons. The molecule has 1 heterocycles. The lowest BCUT2D eigenvalue weighted by molar-refractivity contribution is -0.141. The maximum atomic E-state index is 13.2. The SMILES string of the molecule is CCOc1cc2c(cc1OCC)[C@@H](CC(=O)OC)N(C(=O)Nc1ccc(C)c(C)c1)CC2. The molecule has 1 aliphatic heterocycles. The number of amides is 2. The largest absolute Gasteiger partial charge is 0.490 e. The molecule has 1 aliphatic rings. The van der Waals surface area contributed by atoms with Gasteiger partial charge in [0.15, 0.2) is 11.5 Å². The molecule has 0 aliphatic carbocycles. The van der Waals surface area contributed by atoms with E-state index in [1.165, 1.54) is 7.11 Å². The van der Waals surface area contributed by atoms with Gasteiger partial charge in [-0.15, -0.1) is 0 Å². The van der Waals surface area contributed by atoms with Crippen LogP contribution in [-0.2, 0) is 16.0 Å². The van der Waals surface area contributed by atoms with Crippen LogP contribution in [0.1, 0.15) is 48.6 Å². The van der Waals surface area contributed by atoms with Gasteiger partial charge in [-0.05, 0) is 80.6 Å². The highest BCUT2D eigenvalue weighted by Crippen LogP contribution is 2.40. The van der Waals surface area contributed by atoms with E-state index < -0.39 is 6.04 Å². The number of urea groups is 1. The van der Waals surface area contributed by atoms with E-state index in [1.807, 2.05) is 58.0 Å². The Kier molecular flexibility index (Phi) is 7.62. The van der Waals surface area contributed by atoms with E-state index in [2.05, 4.69) is 5.32 Å². The lowest BCUT2D eigenvalue weighted by atomic mass is 9.90. The second kappa shape index (κ2) is 10.4. The van der Waals surface area contributed by atoms with Crippen molar-refractivity contribution in [2.75, 3.05) is 32.2 Å². The Morgan fingerprint density at radius 1 is 1.03 bits per heavy atom. The maximum absolute atomic E-state index is 13.2. The second-order valence-corrected chi connectivity index (χ2v) is 7.83. The number of carbonyl (C=O) groups is 2. The van der Waals surface area contributed by atoms with E-state index in [0.29, 0.717) is 37.7 Å². The molecule has 1 N–H and O–H groups in total. The van der Waals surface area contributed by atoms with Crippen LogP contribution in [0.15, 0.2) is 30.3 Å². The van der Waals surface area contributed by atoms with Crippen molar-refractivity contribution in [1.82, 2.24) is 4.90 Å². The fourth-order valence-corrected chi connectivity index (χ4v) is 3.96. The number of ether oxygens (including phenoxy) is 3. The minimum atomic E-state index is -0.465. The number of nitrogens with zero attached hydrogens (tertiary/aromatic N) is 1. The van der Waals surface area contributed by atoms with E-state index in [0.717, 1.165) is 27.9 Å². The number of hydrogen-bond acceptors (Lipinski definition) is 5. The smallest absolute Gasteiger partial charge is 0.322 e. The first-order chi connectivity index (χ1) is 15.4. The zero-order valence-corrected chi connectivity index (χ0v) is 19.5. The molecular formula is C25H32N2O5. The first-order valence-electron chi connectivity index (χ1n) is 11.0. The lowest BCUT2D eigenvalue weighted by Gasteiger charge is -2.37. The van der Waals surface area contributed by atoms with Crippen molar-refractivity contribution < 1.29 is 23.8 Å². The predicted octanol–water partition coefficient (Wildman–Crippen LogP) is 4.80. The van der Waals surface area contributed by atoms with Crippen LogP contribution in [0.2, 0.25) is 0 Å².